The molecule has 5 heteroatoms. The first-order chi connectivity index (χ1) is 10.0. The van der Waals surface area contributed by atoms with E-state index in [-0.39, 0.29) is 5.54 Å². The van der Waals surface area contributed by atoms with Gasteiger partial charge in [-0.3, -0.25) is 0 Å². The Kier molecular flexibility index (Phi) is 3.51. The third-order valence-electron chi connectivity index (χ3n) is 3.26. The Hall–Kier alpha value is -2.14. The maximum Gasteiger partial charge on any atom is 0.125 e. The van der Waals surface area contributed by atoms with E-state index in [1.807, 2.05) is 28.9 Å². The lowest BCUT2D eigenvalue weighted by molar-refractivity contribution is 0.422. The molecule has 3 aromatic rings. The summed E-state index contributed by atoms with van der Waals surface area (Å²) < 4.78 is 7.48. The Labute approximate surface area is 123 Å². The summed E-state index contributed by atoms with van der Waals surface area (Å²) in [5, 5.41) is 11.8. The van der Waals surface area contributed by atoms with E-state index in [0.717, 1.165) is 28.9 Å². The molecule has 1 aromatic carbocycles. The number of hydrogen-bond acceptors (Lipinski definition) is 4. The van der Waals surface area contributed by atoms with Gasteiger partial charge >= 0.3 is 0 Å². The molecule has 110 valence electrons. The van der Waals surface area contributed by atoms with Gasteiger partial charge in [-0.2, -0.15) is 0 Å². The van der Waals surface area contributed by atoms with Crippen molar-refractivity contribution in [2.45, 2.75) is 39.4 Å². The molecular weight excluding hydrogens is 264 g/mol. The Morgan fingerprint density at radius 3 is 2.86 bits per heavy atom. The number of aromatic nitrogens is 3. The van der Waals surface area contributed by atoms with E-state index in [1.165, 1.54) is 0 Å². The molecule has 0 aliphatic carbocycles. The monoisotopic (exact) mass is 284 g/mol. The predicted molar refractivity (Wildman–Crippen MR) is 81.9 cm³/mol. The lowest BCUT2D eigenvalue weighted by Gasteiger charge is -2.19. The van der Waals surface area contributed by atoms with E-state index >= 15 is 0 Å². The van der Waals surface area contributed by atoms with Crippen LogP contribution in [0, 0.1) is 0 Å². The molecule has 0 aliphatic heterocycles. The summed E-state index contributed by atoms with van der Waals surface area (Å²) in [6, 6.07) is 9.99. The van der Waals surface area contributed by atoms with E-state index in [1.54, 1.807) is 6.26 Å². The van der Waals surface area contributed by atoms with E-state index in [2.05, 4.69) is 42.5 Å². The van der Waals surface area contributed by atoms with Gasteiger partial charge < -0.3 is 9.73 Å². The fourth-order valence-corrected chi connectivity index (χ4v) is 2.15. The molecule has 1 N–H and O–H groups in total. The van der Waals surface area contributed by atoms with Crippen molar-refractivity contribution < 1.29 is 4.42 Å². The molecule has 5 nitrogen and oxygen atoms in total. The standard InChI is InChI=1S/C16H20N4O/c1-16(2,3)17-9-12-8-13(21-11-12)10-20-15-7-5-4-6-14(15)18-19-20/h4-8,11,17H,9-10H2,1-3H3. The van der Waals surface area contributed by atoms with Crippen molar-refractivity contribution >= 4 is 11.0 Å². The number of hydrogen-bond donors (Lipinski definition) is 1. The van der Waals surface area contributed by atoms with Crippen LogP contribution in [0.5, 0.6) is 0 Å². The summed E-state index contributed by atoms with van der Waals surface area (Å²) in [7, 11) is 0. The third-order valence-corrected chi connectivity index (χ3v) is 3.26. The lowest BCUT2D eigenvalue weighted by atomic mass is 10.1. The quantitative estimate of drug-likeness (QED) is 0.800. The molecule has 0 bridgehead atoms. The fraction of sp³-hybridized carbons (Fsp3) is 0.375. The number of benzene rings is 1. The zero-order valence-electron chi connectivity index (χ0n) is 12.6. The van der Waals surface area contributed by atoms with Crippen molar-refractivity contribution in [3.05, 3.63) is 47.9 Å². The first kappa shape index (κ1) is 13.8. The second kappa shape index (κ2) is 5.33. The van der Waals surface area contributed by atoms with Crippen LogP contribution in [0.4, 0.5) is 0 Å². The summed E-state index contributed by atoms with van der Waals surface area (Å²) in [6.07, 6.45) is 1.80. The van der Waals surface area contributed by atoms with Crippen molar-refractivity contribution in [3.8, 4) is 0 Å². The van der Waals surface area contributed by atoms with Gasteiger partial charge in [-0.1, -0.05) is 17.3 Å². The van der Waals surface area contributed by atoms with Gasteiger partial charge in [0.1, 0.15) is 17.8 Å². The highest BCUT2D eigenvalue weighted by molar-refractivity contribution is 5.73. The van der Waals surface area contributed by atoms with E-state index in [9.17, 15) is 0 Å². The van der Waals surface area contributed by atoms with Crippen molar-refractivity contribution in [2.24, 2.45) is 0 Å². The molecule has 0 spiro atoms. The van der Waals surface area contributed by atoms with Crippen LogP contribution in [0.3, 0.4) is 0 Å². The maximum absolute atomic E-state index is 5.62. The number of nitrogens with zero attached hydrogens (tertiary/aromatic N) is 3. The molecule has 0 saturated carbocycles. The minimum atomic E-state index is 0.0968. The van der Waals surface area contributed by atoms with Gasteiger partial charge in [-0.05, 0) is 39.0 Å². The van der Waals surface area contributed by atoms with Crippen molar-refractivity contribution in [1.29, 1.82) is 0 Å². The minimum absolute atomic E-state index is 0.0968. The van der Waals surface area contributed by atoms with Gasteiger partial charge in [0, 0.05) is 17.6 Å². The number of fused-ring (bicyclic) bond motifs is 1. The Bertz CT molecular complexity index is 736. The van der Waals surface area contributed by atoms with Gasteiger partial charge in [0.2, 0.25) is 0 Å². The Balaban J connectivity index is 1.72. The molecule has 0 radical (unpaired) electrons. The highest BCUT2D eigenvalue weighted by Gasteiger charge is 2.11. The SMILES string of the molecule is CC(C)(C)NCc1coc(Cn2nnc3ccccc32)c1. The molecular formula is C16H20N4O. The van der Waals surface area contributed by atoms with Crippen LogP contribution in [0.1, 0.15) is 32.1 Å². The number of para-hydroxylation sites is 1. The van der Waals surface area contributed by atoms with Crippen LogP contribution >= 0.6 is 0 Å². The third kappa shape index (κ3) is 3.31. The number of furan rings is 1. The summed E-state index contributed by atoms with van der Waals surface area (Å²) in [5.41, 5.74) is 3.16. The van der Waals surface area contributed by atoms with Crippen molar-refractivity contribution in [3.63, 3.8) is 0 Å². The maximum atomic E-state index is 5.62. The van der Waals surface area contributed by atoms with Gasteiger partial charge in [-0.25, -0.2) is 4.68 Å². The summed E-state index contributed by atoms with van der Waals surface area (Å²) in [5.74, 6) is 0.886. The smallest absolute Gasteiger partial charge is 0.125 e. The van der Waals surface area contributed by atoms with Crippen LogP contribution < -0.4 is 5.32 Å². The average molecular weight is 284 g/mol. The lowest BCUT2D eigenvalue weighted by Crippen LogP contribution is -2.34. The van der Waals surface area contributed by atoms with Crippen LogP contribution in [-0.2, 0) is 13.1 Å². The van der Waals surface area contributed by atoms with E-state index in [0.29, 0.717) is 6.54 Å². The van der Waals surface area contributed by atoms with Gasteiger partial charge in [0.05, 0.1) is 11.8 Å². The zero-order chi connectivity index (χ0) is 14.9. The highest BCUT2D eigenvalue weighted by atomic mass is 16.3. The first-order valence-electron chi connectivity index (χ1n) is 7.11. The summed E-state index contributed by atoms with van der Waals surface area (Å²) in [6.45, 7) is 7.84. The molecule has 2 aromatic heterocycles. The van der Waals surface area contributed by atoms with Crippen LogP contribution in [0.15, 0.2) is 41.0 Å². The molecule has 0 atom stereocenters. The molecule has 0 aliphatic rings. The molecule has 2 heterocycles. The number of nitrogens with one attached hydrogen (secondary N) is 1. The van der Waals surface area contributed by atoms with Crippen molar-refractivity contribution in [2.75, 3.05) is 0 Å². The molecule has 21 heavy (non-hydrogen) atoms. The van der Waals surface area contributed by atoms with Crippen LogP contribution in [-0.4, -0.2) is 20.5 Å². The molecule has 0 fully saturated rings. The molecule has 0 unspecified atom stereocenters. The van der Waals surface area contributed by atoms with Gasteiger partial charge in [0.15, 0.2) is 0 Å². The normalized spacial score (nSPS) is 12.1. The largest absolute Gasteiger partial charge is 0.467 e. The van der Waals surface area contributed by atoms with E-state index < -0.39 is 0 Å². The zero-order valence-corrected chi connectivity index (χ0v) is 12.6. The van der Waals surface area contributed by atoms with Gasteiger partial charge in [0.25, 0.3) is 0 Å². The van der Waals surface area contributed by atoms with Gasteiger partial charge in [-0.15, -0.1) is 5.10 Å². The molecule has 0 saturated heterocycles. The highest BCUT2D eigenvalue weighted by Crippen LogP contribution is 2.14. The van der Waals surface area contributed by atoms with Crippen LogP contribution in [0.2, 0.25) is 0 Å². The van der Waals surface area contributed by atoms with Crippen molar-refractivity contribution in [1.82, 2.24) is 20.3 Å². The Morgan fingerprint density at radius 1 is 1.24 bits per heavy atom. The Morgan fingerprint density at radius 2 is 2.05 bits per heavy atom. The fourth-order valence-electron chi connectivity index (χ4n) is 2.15. The molecule has 3 rings (SSSR count). The van der Waals surface area contributed by atoms with Crippen LogP contribution in [0.25, 0.3) is 11.0 Å². The molecule has 0 amide bonds. The predicted octanol–water partition coefficient (Wildman–Crippen LogP) is 2.96. The number of rotatable bonds is 4. The van der Waals surface area contributed by atoms with E-state index in [4.69, 9.17) is 4.42 Å². The summed E-state index contributed by atoms with van der Waals surface area (Å²) in [4.78, 5) is 0. The average Bonchev–Trinajstić information content (AvgIpc) is 3.04. The first-order valence-corrected chi connectivity index (χ1v) is 7.11. The second-order valence-electron chi connectivity index (χ2n) is 6.26. The minimum Gasteiger partial charge on any atom is -0.467 e. The second-order valence-corrected chi connectivity index (χ2v) is 6.26. The summed E-state index contributed by atoms with van der Waals surface area (Å²) >= 11 is 0. The topological polar surface area (TPSA) is 55.9 Å².